The van der Waals surface area contributed by atoms with Crippen LogP contribution in [0.2, 0.25) is 0 Å². The van der Waals surface area contributed by atoms with Gasteiger partial charge in [0.2, 0.25) is 0 Å². The Kier molecular flexibility index (Phi) is 2.44. The summed E-state index contributed by atoms with van der Waals surface area (Å²) in [5.74, 6) is -1.13. The molecule has 2 aromatic rings. The van der Waals surface area contributed by atoms with E-state index in [1.54, 1.807) is 0 Å². The van der Waals surface area contributed by atoms with Gasteiger partial charge >= 0.3 is 0 Å². The van der Waals surface area contributed by atoms with Crippen LogP contribution in [0, 0.1) is 6.92 Å². The first-order chi connectivity index (χ1) is 7.58. The fraction of sp³-hybridized carbons (Fsp3) is 0.0769. The zero-order chi connectivity index (χ0) is 11.7. The van der Waals surface area contributed by atoms with Crippen LogP contribution >= 0.6 is 0 Å². The minimum atomic E-state index is -0.489. The molecule has 3 heteroatoms. The van der Waals surface area contributed by atoms with E-state index < -0.39 is 5.75 Å². The Balaban J connectivity index is 2.57. The average Bonchev–Trinajstić information content (AvgIpc) is 2.25. The van der Waals surface area contributed by atoms with Gasteiger partial charge in [0, 0.05) is 0 Å². The lowest BCUT2D eigenvalue weighted by Gasteiger charge is -2.06. The van der Waals surface area contributed by atoms with E-state index in [0.29, 0.717) is 5.56 Å². The molecule has 3 N–H and O–H groups in total. The second-order valence-corrected chi connectivity index (χ2v) is 3.73. The molecule has 82 valence electrons. The smallest absolute Gasteiger partial charge is 0.200 e. The molecule has 0 bridgehead atoms. The number of phenols is 3. The molecule has 0 amide bonds. The molecule has 2 aromatic carbocycles. The van der Waals surface area contributed by atoms with E-state index in [4.69, 9.17) is 0 Å². The maximum absolute atomic E-state index is 9.40. The Morgan fingerprint density at radius 3 is 2.00 bits per heavy atom. The molecule has 0 radical (unpaired) electrons. The van der Waals surface area contributed by atoms with Gasteiger partial charge in [-0.3, -0.25) is 0 Å². The molecule has 0 unspecified atom stereocenters. The van der Waals surface area contributed by atoms with Gasteiger partial charge in [0.1, 0.15) is 0 Å². The standard InChI is InChI=1S/C13H12O3/c1-8-3-2-4-9(5-8)10-6-11(14)13(16)12(15)7-10/h2-7,14-16H,1H3. The third-order valence-corrected chi connectivity index (χ3v) is 2.42. The molecular weight excluding hydrogens is 204 g/mol. The Labute approximate surface area is 93.2 Å². The normalized spacial score (nSPS) is 10.3. The van der Waals surface area contributed by atoms with Gasteiger partial charge in [0.05, 0.1) is 0 Å². The first-order valence-corrected chi connectivity index (χ1v) is 4.90. The summed E-state index contributed by atoms with van der Waals surface area (Å²) in [6.07, 6.45) is 0. The van der Waals surface area contributed by atoms with Crippen LogP contribution in [-0.2, 0) is 0 Å². The van der Waals surface area contributed by atoms with Crippen LogP contribution in [0.1, 0.15) is 5.56 Å². The predicted octanol–water partition coefficient (Wildman–Crippen LogP) is 2.78. The second-order valence-electron chi connectivity index (χ2n) is 3.73. The first-order valence-electron chi connectivity index (χ1n) is 4.90. The summed E-state index contributed by atoms with van der Waals surface area (Å²) in [6.45, 7) is 1.96. The number of hydrogen-bond acceptors (Lipinski definition) is 3. The van der Waals surface area contributed by atoms with Gasteiger partial charge < -0.3 is 15.3 Å². The molecule has 2 rings (SSSR count). The van der Waals surface area contributed by atoms with Crippen molar-refractivity contribution in [2.45, 2.75) is 6.92 Å². The molecule has 0 saturated heterocycles. The number of aryl methyl sites for hydroxylation is 1. The van der Waals surface area contributed by atoms with Crippen molar-refractivity contribution in [2.75, 3.05) is 0 Å². The number of hydrogen-bond donors (Lipinski definition) is 3. The molecule has 0 saturated carbocycles. The predicted molar refractivity (Wildman–Crippen MR) is 61.6 cm³/mol. The van der Waals surface area contributed by atoms with E-state index in [1.807, 2.05) is 31.2 Å². The van der Waals surface area contributed by atoms with Gasteiger partial charge in [0.25, 0.3) is 0 Å². The quantitative estimate of drug-likeness (QED) is 0.642. The molecule has 0 aliphatic carbocycles. The van der Waals surface area contributed by atoms with Crippen molar-refractivity contribution in [3.63, 3.8) is 0 Å². The molecule has 0 spiro atoms. The van der Waals surface area contributed by atoms with E-state index in [0.717, 1.165) is 11.1 Å². The number of phenolic OH excluding ortho intramolecular Hbond substituents is 3. The Bertz CT molecular complexity index is 509. The monoisotopic (exact) mass is 216 g/mol. The Morgan fingerprint density at radius 2 is 1.44 bits per heavy atom. The Hall–Kier alpha value is -2.16. The van der Waals surface area contributed by atoms with Crippen molar-refractivity contribution in [1.29, 1.82) is 0 Å². The third kappa shape index (κ3) is 1.80. The lowest BCUT2D eigenvalue weighted by Crippen LogP contribution is -1.80. The van der Waals surface area contributed by atoms with Crippen LogP contribution in [0.4, 0.5) is 0 Å². The van der Waals surface area contributed by atoms with E-state index in [1.165, 1.54) is 12.1 Å². The van der Waals surface area contributed by atoms with Crippen LogP contribution in [0.15, 0.2) is 36.4 Å². The van der Waals surface area contributed by atoms with Gasteiger partial charge in [-0.1, -0.05) is 29.8 Å². The molecule has 0 fully saturated rings. The minimum absolute atomic E-state index is 0.323. The highest BCUT2D eigenvalue weighted by molar-refractivity contribution is 5.70. The lowest BCUT2D eigenvalue weighted by molar-refractivity contribution is 0.368. The van der Waals surface area contributed by atoms with E-state index in [2.05, 4.69) is 0 Å². The summed E-state index contributed by atoms with van der Waals surface area (Å²) in [6, 6.07) is 10.5. The maximum Gasteiger partial charge on any atom is 0.200 e. The van der Waals surface area contributed by atoms with E-state index in [9.17, 15) is 15.3 Å². The summed E-state index contributed by atoms with van der Waals surface area (Å²) < 4.78 is 0. The summed E-state index contributed by atoms with van der Waals surface area (Å²) in [5, 5.41) is 28.0. The van der Waals surface area contributed by atoms with Crippen LogP contribution in [0.25, 0.3) is 11.1 Å². The fourth-order valence-electron chi connectivity index (χ4n) is 1.60. The van der Waals surface area contributed by atoms with Crippen molar-refractivity contribution >= 4 is 0 Å². The number of aromatic hydroxyl groups is 3. The van der Waals surface area contributed by atoms with Crippen LogP contribution in [0.3, 0.4) is 0 Å². The molecule has 3 nitrogen and oxygen atoms in total. The highest BCUT2D eigenvalue weighted by atomic mass is 16.3. The van der Waals surface area contributed by atoms with E-state index in [-0.39, 0.29) is 11.5 Å². The molecule has 0 heterocycles. The van der Waals surface area contributed by atoms with Gasteiger partial charge in [-0.05, 0) is 30.2 Å². The van der Waals surface area contributed by atoms with Gasteiger partial charge in [-0.2, -0.15) is 0 Å². The molecule has 0 aliphatic heterocycles. The van der Waals surface area contributed by atoms with Gasteiger partial charge in [0.15, 0.2) is 17.2 Å². The molecular formula is C13H12O3. The summed E-state index contributed by atoms with van der Waals surface area (Å²) in [7, 11) is 0. The lowest BCUT2D eigenvalue weighted by atomic mass is 10.0. The fourth-order valence-corrected chi connectivity index (χ4v) is 1.60. The summed E-state index contributed by atoms with van der Waals surface area (Å²) >= 11 is 0. The maximum atomic E-state index is 9.40. The van der Waals surface area contributed by atoms with Gasteiger partial charge in [-0.15, -0.1) is 0 Å². The molecule has 0 atom stereocenters. The highest BCUT2D eigenvalue weighted by Gasteiger charge is 2.09. The summed E-state index contributed by atoms with van der Waals surface area (Å²) in [5.41, 5.74) is 2.63. The number of benzene rings is 2. The zero-order valence-electron chi connectivity index (χ0n) is 8.81. The van der Waals surface area contributed by atoms with E-state index >= 15 is 0 Å². The van der Waals surface area contributed by atoms with Crippen LogP contribution < -0.4 is 0 Å². The Morgan fingerprint density at radius 1 is 0.812 bits per heavy atom. The van der Waals surface area contributed by atoms with Crippen molar-refractivity contribution in [1.82, 2.24) is 0 Å². The third-order valence-electron chi connectivity index (χ3n) is 2.42. The van der Waals surface area contributed by atoms with Crippen LogP contribution in [0.5, 0.6) is 17.2 Å². The highest BCUT2D eigenvalue weighted by Crippen LogP contribution is 2.38. The van der Waals surface area contributed by atoms with Gasteiger partial charge in [-0.25, -0.2) is 0 Å². The van der Waals surface area contributed by atoms with Crippen molar-refractivity contribution in [3.8, 4) is 28.4 Å². The average molecular weight is 216 g/mol. The second kappa shape index (κ2) is 3.77. The van der Waals surface area contributed by atoms with Crippen molar-refractivity contribution in [3.05, 3.63) is 42.0 Å². The number of rotatable bonds is 1. The SMILES string of the molecule is Cc1cccc(-c2cc(O)c(O)c(O)c2)c1. The van der Waals surface area contributed by atoms with Crippen molar-refractivity contribution in [2.24, 2.45) is 0 Å². The first kappa shape index (κ1) is 10.4. The molecule has 16 heavy (non-hydrogen) atoms. The molecule has 0 aliphatic rings. The largest absolute Gasteiger partial charge is 0.504 e. The zero-order valence-corrected chi connectivity index (χ0v) is 8.81. The topological polar surface area (TPSA) is 60.7 Å². The van der Waals surface area contributed by atoms with Crippen LogP contribution in [-0.4, -0.2) is 15.3 Å². The minimum Gasteiger partial charge on any atom is -0.504 e. The summed E-state index contributed by atoms with van der Waals surface area (Å²) in [4.78, 5) is 0. The van der Waals surface area contributed by atoms with Crippen molar-refractivity contribution < 1.29 is 15.3 Å². The molecule has 0 aromatic heterocycles.